The monoisotopic (exact) mass is 228 g/mol. The van der Waals surface area contributed by atoms with Gasteiger partial charge < -0.3 is 15.3 Å². The van der Waals surface area contributed by atoms with E-state index in [1.165, 1.54) is 6.92 Å². The summed E-state index contributed by atoms with van der Waals surface area (Å²) in [5, 5.41) is 11.2. The summed E-state index contributed by atoms with van der Waals surface area (Å²) in [5.41, 5.74) is 0. The van der Waals surface area contributed by atoms with Gasteiger partial charge in [-0.05, 0) is 32.1 Å². The van der Waals surface area contributed by atoms with E-state index in [4.69, 9.17) is 5.11 Å². The molecule has 0 aliphatic carbocycles. The normalized spacial score (nSPS) is 23.4. The van der Waals surface area contributed by atoms with Crippen molar-refractivity contribution in [3.05, 3.63) is 0 Å². The third kappa shape index (κ3) is 3.72. The number of carboxylic acids is 1. The summed E-state index contributed by atoms with van der Waals surface area (Å²) in [6.45, 7) is 5.10. The third-order valence-electron chi connectivity index (χ3n) is 3.01. The maximum atomic E-state index is 11.7. The fourth-order valence-corrected chi connectivity index (χ4v) is 1.80. The van der Waals surface area contributed by atoms with Crippen LogP contribution in [-0.4, -0.2) is 41.1 Å². The Balaban J connectivity index is 2.44. The maximum absolute atomic E-state index is 11.7. The number of carbonyl (C=O) groups is 2. The van der Waals surface area contributed by atoms with Crippen molar-refractivity contribution in [2.24, 2.45) is 5.92 Å². The lowest BCUT2D eigenvalue weighted by Gasteiger charge is -2.22. The number of aliphatic carboxylic acids is 1. The van der Waals surface area contributed by atoms with Crippen LogP contribution >= 0.6 is 0 Å². The van der Waals surface area contributed by atoms with Gasteiger partial charge in [0.15, 0.2) is 0 Å². The molecule has 0 saturated carbocycles. The zero-order valence-electron chi connectivity index (χ0n) is 9.90. The first kappa shape index (κ1) is 12.8. The Bertz CT molecular complexity index is 268. The lowest BCUT2D eigenvalue weighted by atomic mass is 10.0. The Hall–Kier alpha value is -1.26. The van der Waals surface area contributed by atoms with Gasteiger partial charge in [-0.25, -0.2) is 4.79 Å². The van der Waals surface area contributed by atoms with Crippen LogP contribution in [0.25, 0.3) is 0 Å². The zero-order chi connectivity index (χ0) is 12.1. The van der Waals surface area contributed by atoms with E-state index in [0.29, 0.717) is 5.92 Å². The fraction of sp³-hybridized carbons (Fsp3) is 0.818. The van der Waals surface area contributed by atoms with Crippen molar-refractivity contribution in [3.63, 3.8) is 0 Å². The molecule has 2 atom stereocenters. The minimum atomic E-state index is -1.00. The van der Waals surface area contributed by atoms with Crippen LogP contribution in [0.3, 0.4) is 0 Å². The van der Waals surface area contributed by atoms with Gasteiger partial charge in [0.05, 0.1) is 0 Å². The number of nitrogens with zero attached hydrogens (tertiary/aromatic N) is 1. The maximum Gasteiger partial charge on any atom is 0.325 e. The number of hydrogen-bond acceptors (Lipinski definition) is 2. The van der Waals surface area contributed by atoms with Gasteiger partial charge >= 0.3 is 12.0 Å². The largest absolute Gasteiger partial charge is 0.480 e. The highest BCUT2D eigenvalue weighted by molar-refractivity contribution is 5.82. The molecule has 16 heavy (non-hydrogen) atoms. The summed E-state index contributed by atoms with van der Waals surface area (Å²) in [5.74, 6) is -0.355. The molecule has 5 heteroatoms. The van der Waals surface area contributed by atoms with Gasteiger partial charge in [-0.2, -0.15) is 0 Å². The van der Waals surface area contributed by atoms with Crippen LogP contribution in [0, 0.1) is 5.92 Å². The van der Waals surface area contributed by atoms with Crippen molar-refractivity contribution in [2.45, 2.75) is 39.2 Å². The van der Waals surface area contributed by atoms with Crippen LogP contribution in [0.2, 0.25) is 0 Å². The van der Waals surface area contributed by atoms with Crippen LogP contribution in [-0.2, 0) is 4.79 Å². The predicted molar refractivity (Wildman–Crippen MR) is 60.2 cm³/mol. The molecule has 1 saturated heterocycles. The van der Waals surface area contributed by atoms with Crippen molar-refractivity contribution in [3.8, 4) is 0 Å². The summed E-state index contributed by atoms with van der Waals surface area (Å²) in [7, 11) is 0. The van der Waals surface area contributed by atoms with Crippen molar-refractivity contribution in [1.29, 1.82) is 0 Å². The second kappa shape index (κ2) is 5.72. The number of hydrogen-bond donors (Lipinski definition) is 2. The Morgan fingerprint density at radius 3 is 2.69 bits per heavy atom. The summed E-state index contributed by atoms with van der Waals surface area (Å²) >= 11 is 0. The zero-order valence-corrected chi connectivity index (χ0v) is 9.90. The Morgan fingerprint density at radius 1 is 1.38 bits per heavy atom. The van der Waals surface area contributed by atoms with Crippen molar-refractivity contribution in [1.82, 2.24) is 10.2 Å². The quantitative estimate of drug-likeness (QED) is 0.748. The molecule has 1 unspecified atom stereocenters. The minimum Gasteiger partial charge on any atom is -0.480 e. The number of carbonyl (C=O) groups excluding carboxylic acids is 1. The number of likely N-dealkylation sites (tertiary alicyclic amines) is 1. The van der Waals surface area contributed by atoms with Gasteiger partial charge in [-0.15, -0.1) is 0 Å². The molecule has 0 aromatic heterocycles. The molecule has 0 radical (unpaired) electrons. The predicted octanol–water partition coefficient (Wildman–Crippen LogP) is 1.29. The fourth-order valence-electron chi connectivity index (χ4n) is 1.80. The van der Waals surface area contributed by atoms with E-state index in [1.54, 1.807) is 4.90 Å². The smallest absolute Gasteiger partial charge is 0.325 e. The molecule has 92 valence electrons. The highest BCUT2D eigenvalue weighted by atomic mass is 16.4. The van der Waals surface area contributed by atoms with Gasteiger partial charge in [-0.1, -0.05) is 6.92 Å². The summed E-state index contributed by atoms with van der Waals surface area (Å²) in [4.78, 5) is 24.0. The molecule has 0 spiro atoms. The van der Waals surface area contributed by atoms with Crippen LogP contribution in [0.1, 0.15) is 33.1 Å². The van der Waals surface area contributed by atoms with Crippen LogP contribution in [0.4, 0.5) is 4.79 Å². The van der Waals surface area contributed by atoms with Crippen LogP contribution < -0.4 is 5.32 Å². The highest BCUT2D eigenvalue weighted by Gasteiger charge is 2.21. The second-order valence-electron chi connectivity index (χ2n) is 4.53. The first-order valence-electron chi connectivity index (χ1n) is 5.79. The Kier molecular flexibility index (Phi) is 4.58. The molecule has 1 heterocycles. The molecular formula is C11H20N2O3. The van der Waals surface area contributed by atoms with Crippen molar-refractivity contribution < 1.29 is 14.7 Å². The third-order valence-corrected chi connectivity index (χ3v) is 3.01. The molecule has 1 fully saturated rings. The highest BCUT2D eigenvalue weighted by Crippen LogP contribution is 2.16. The van der Waals surface area contributed by atoms with Gasteiger partial charge in [0.1, 0.15) is 6.04 Å². The molecule has 1 rings (SSSR count). The topological polar surface area (TPSA) is 69.6 Å². The van der Waals surface area contributed by atoms with E-state index >= 15 is 0 Å². The summed E-state index contributed by atoms with van der Waals surface area (Å²) < 4.78 is 0. The van der Waals surface area contributed by atoms with Crippen molar-refractivity contribution >= 4 is 12.0 Å². The van der Waals surface area contributed by atoms with E-state index in [1.807, 2.05) is 0 Å². The Labute approximate surface area is 95.8 Å². The first-order valence-corrected chi connectivity index (χ1v) is 5.79. The first-order chi connectivity index (χ1) is 7.50. The lowest BCUT2D eigenvalue weighted by molar-refractivity contribution is -0.138. The molecule has 2 N–H and O–H groups in total. The van der Waals surface area contributed by atoms with E-state index in [-0.39, 0.29) is 6.03 Å². The average Bonchev–Trinajstić information content (AvgIpc) is 2.42. The summed E-state index contributed by atoms with van der Waals surface area (Å²) in [6, 6.07) is -1.09. The molecule has 5 nitrogen and oxygen atoms in total. The standard InChI is InChI=1S/C11H20N2O3/c1-8-4-3-6-13(7-5-8)11(16)12-9(2)10(14)15/h8-9H,3-7H2,1-2H3,(H,12,16)(H,14,15)/t8?,9-/m1/s1. The van der Waals surface area contributed by atoms with E-state index < -0.39 is 12.0 Å². The van der Waals surface area contributed by atoms with Crippen molar-refractivity contribution in [2.75, 3.05) is 13.1 Å². The molecule has 1 aliphatic rings. The van der Waals surface area contributed by atoms with E-state index in [2.05, 4.69) is 12.2 Å². The van der Waals surface area contributed by atoms with E-state index in [0.717, 1.165) is 32.4 Å². The summed E-state index contributed by atoms with van der Waals surface area (Å²) in [6.07, 6.45) is 3.13. The molecule has 1 aliphatic heterocycles. The van der Waals surface area contributed by atoms with Gasteiger partial charge in [0.2, 0.25) is 0 Å². The SMILES string of the molecule is CC1CCCN(C(=O)N[C@H](C)C(=O)O)CC1. The molecule has 0 aromatic carbocycles. The number of amides is 2. The molecule has 0 bridgehead atoms. The number of urea groups is 1. The molecule has 2 amide bonds. The number of rotatable bonds is 2. The minimum absolute atomic E-state index is 0.260. The van der Waals surface area contributed by atoms with Gasteiger partial charge in [0.25, 0.3) is 0 Å². The van der Waals surface area contributed by atoms with Crippen LogP contribution in [0.15, 0.2) is 0 Å². The average molecular weight is 228 g/mol. The number of carboxylic acid groups (broad SMARTS) is 1. The van der Waals surface area contributed by atoms with E-state index in [9.17, 15) is 9.59 Å². The molecule has 0 aromatic rings. The van der Waals surface area contributed by atoms with Gasteiger partial charge in [-0.3, -0.25) is 4.79 Å². The van der Waals surface area contributed by atoms with Gasteiger partial charge in [0, 0.05) is 13.1 Å². The Morgan fingerprint density at radius 2 is 2.06 bits per heavy atom. The lowest BCUT2D eigenvalue weighted by Crippen LogP contribution is -2.47. The second-order valence-corrected chi connectivity index (χ2v) is 4.53. The molecular weight excluding hydrogens is 208 g/mol. The van der Waals surface area contributed by atoms with Crippen LogP contribution in [0.5, 0.6) is 0 Å². The number of nitrogens with one attached hydrogen (secondary N) is 1.